The van der Waals surface area contributed by atoms with Crippen LogP contribution < -0.4 is 5.32 Å². The van der Waals surface area contributed by atoms with Crippen molar-refractivity contribution in [2.24, 2.45) is 5.92 Å². The Morgan fingerprint density at radius 2 is 2.14 bits per heavy atom. The van der Waals surface area contributed by atoms with Gasteiger partial charge < -0.3 is 15.3 Å². The summed E-state index contributed by atoms with van der Waals surface area (Å²) >= 11 is 0. The van der Waals surface area contributed by atoms with E-state index in [0.717, 1.165) is 19.5 Å². The fourth-order valence-corrected chi connectivity index (χ4v) is 2.95. The van der Waals surface area contributed by atoms with Crippen LogP contribution >= 0.6 is 0 Å². The molecule has 124 valence electrons. The van der Waals surface area contributed by atoms with Crippen molar-refractivity contribution in [2.45, 2.75) is 59.1 Å². The van der Waals surface area contributed by atoms with Gasteiger partial charge in [-0.1, -0.05) is 13.8 Å². The van der Waals surface area contributed by atoms with Gasteiger partial charge in [0.05, 0.1) is 12.1 Å². The largest absolute Gasteiger partial charge is 0.389 e. The number of hydrogen-bond acceptors (Lipinski definition) is 3. The van der Waals surface area contributed by atoms with Gasteiger partial charge in [-0.15, -0.1) is 0 Å². The van der Waals surface area contributed by atoms with Crippen molar-refractivity contribution in [2.75, 3.05) is 32.7 Å². The van der Waals surface area contributed by atoms with Gasteiger partial charge >= 0.3 is 6.03 Å². The number of nitrogens with zero attached hydrogens (tertiary/aromatic N) is 2. The summed E-state index contributed by atoms with van der Waals surface area (Å²) < 4.78 is 0. The van der Waals surface area contributed by atoms with Crippen molar-refractivity contribution >= 4 is 6.03 Å². The third-order valence-electron chi connectivity index (χ3n) is 3.83. The van der Waals surface area contributed by atoms with Gasteiger partial charge in [0.2, 0.25) is 0 Å². The molecule has 21 heavy (non-hydrogen) atoms. The molecule has 2 N–H and O–H groups in total. The highest BCUT2D eigenvalue weighted by Crippen LogP contribution is 2.18. The highest BCUT2D eigenvalue weighted by atomic mass is 16.3. The number of hydrogen-bond donors (Lipinski definition) is 2. The number of carbonyl (C=O) groups excluding carboxylic acids is 1. The fraction of sp³-hybridized carbons (Fsp3) is 0.938. The molecule has 0 aromatic rings. The number of likely N-dealkylation sites (N-methyl/N-ethyl adjacent to an activating group) is 1. The molecule has 0 saturated carbocycles. The van der Waals surface area contributed by atoms with E-state index >= 15 is 0 Å². The summed E-state index contributed by atoms with van der Waals surface area (Å²) in [6.45, 7) is 13.8. The summed E-state index contributed by atoms with van der Waals surface area (Å²) in [4.78, 5) is 16.4. The lowest BCUT2D eigenvalue weighted by atomic mass is 10.1. The summed E-state index contributed by atoms with van der Waals surface area (Å²) in [7, 11) is 0. The molecule has 0 aliphatic carbocycles. The topological polar surface area (TPSA) is 55.8 Å². The van der Waals surface area contributed by atoms with E-state index in [4.69, 9.17) is 0 Å². The molecule has 1 aliphatic rings. The molecular formula is C16H33N3O2. The predicted octanol–water partition coefficient (Wildman–Crippen LogP) is 1.91. The van der Waals surface area contributed by atoms with E-state index in [9.17, 15) is 9.90 Å². The zero-order valence-corrected chi connectivity index (χ0v) is 14.4. The Balaban J connectivity index is 2.43. The lowest BCUT2D eigenvalue weighted by Gasteiger charge is -2.30. The number of rotatable bonds is 7. The van der Waals surface area contributed by atoms with Crippen LogP contribution in [0.15, 0.2) is 0 Å². The molecule has 0 bridgehead atoms. The molecule has 1 aliphatic heterocycles. The average molecular weight is 299 g/mol. The van der Waals surface area contributed by atoms with Gasteiger partial charge in [-0.2, -0.15) is 0 Å². The average Bonchev–Trinajstić information content (AvgIpc) is 2.78. The quantitative estimate of drug-likeness (QED) is 0.755. The van der Waals surface area contributed by atoms with E-state index in [0.29, 0.717) is 31.6 Å². The van der Waals surface area contributed by atoms with E-state index in [1.54, 1.807) is 18.7 Å². The first kappa shape index (κ1) is 18.2. The molecule has 0 radical (unpaired) electrons. The third-order valence-corrected chi connectivity index (χ3v) is 3.83. The van der Waals surface area contributed by atoms with Gasteiger partial charge in [0.15, 0.2) is 0 Å². The number of aliphatic hydroxyl groups is 1. The number of amides is 2. The van der Waals surface area contributed by atoms with Crippen LogP contribution in [0.5, 0.6) is 0 Å². The van der Waals surface area contributed by atoms with Gasteiger partial charge in [-0.25, -0.2) is 4.79 Å². The standard InChI is InChI=1S/C16H33N3O2/c1-6-18(12-16(4,5)21)15(20)17-10-14-8-7-9-19(14)11-13(2)3/h13-14,21H,6-12H2,1-5H3,(H,17,20)/t14-/m0/s1. The fourth-order valence-electron chi connectivity index (χ4n) is 2.95. The molecule has 1 saturated heterocycles. The highest BCUT2D eigenvalue weighted by molar-refractivity contribution is 5.74. The Morgan fingerprint density at radius 1 is 1.48 bits per heavy atom. The van der Waals surface area contributed by atoms with E-state index < -0.39 is 5.60 Å². The minimum atomic E-state index is -0.857. The van der Waals surface area contributed by atoms with Crippen LogP contribution in [0.3, 0.4) is 0 Å². The monoisotopic (exact) mass is 299 g/mol. The van der Waals surface area contributed by atoms with Crippen LogP contribution in [0.1, 0.15) is 47.5 Å². The van der Waals surface area contributed by atoms with E-state index in [1.165, 1.54) is 6.42 Å². The van der Waals surface area contributed by atoms with E-state index in [2.05, 4.69) is 24.1 Å². The number of carbonyl (C=O) groups is 1. The highest BCUT2D eigenvalue weighted by Gasteiger charge is 2.26. The Bertz CT molecular complexity index is 326. The van der Waals surface area contributed by atoms with E-state index in [-0.39, 0.29) is 6.03 Å². The van der Waals surface area contributed by atoms with Crippen molar-refractivity contribution in [3.63, 3.8) is 0 Å². The maximum atomic E-state index is 12.2. The lowest BCUT2D eigenvalue weighted by molar-refractivity contribution is 0.0477. The SMILES string of the molecule is CCN(CC(C)(C)O)C(=O)NC[C@@H]1CCCN1CC(C)C. The van der Waals surface area contributed by atoms with Gasteiger partial charge in [0.25, 0.3) is 0 Å². The Kier molecular flexibility index (Phi) is 6.94. The first-order chi connectivity index (χ1) is 9.73. The molecule has 0 aromatic heterocycles. The van der Waals surface area contributed by atoms with Crippen LogP contribution in [-0.4, -0.2) is 65.3 Å². The summed E-state index contributed by atoms with van der Waals surface area (Å²) in [6, 6.07) is 0.383. The van der Waals surface area contributed by atoms with Crippen molar-refractivity contribution in [3.05, 3.63) is 0 Å². The summed E-state index contributed by atoms with van der Waals surface area (Å²) in [5.41, 5.74) is -0.857. The molecular weight excluding hydrogens is 266 g/mol. The van der Waals surface area contributed by atoms with Crippen LogP contribution in [0.25, 0.3) is 0 Å². The number of nitrogens with one attached hydrogen (secondary N) is 1. The zero-order valence-electron chi connectivity index (χ0n) is 14.4. The molecule has 1 fully saturated rings. The minimum Gasteiger partial charge on any atom is -0.389 e. The molecule has 0 aromatic carbocycles. The van der Waals surface area contributed by atoms with Crippen LogP contribution in [-0.2, 0) is 0 Å². The summed E-state index contributed by atoms with van der Waals surface area (Å²) in [5.74, 6) is 0.656. The van der Waals surface area contributed by atoms with Gasteiger partial charge in [-0.3, -0.25) is 4.90 Å². The van der Waals surface area contributed by atoms with Crippen LogP contribution in [0.4, 0.5) is 4.79 Å². The zero-order chi connectivity index (χ0) is 16.0. The third kappa shape index (κ3) is 6.66. The second-order valence-electron chi connectivity index (χ2n) is 7.20. The Hall–Kier alpha value is -0.810. The molecule has 5 heteroatoms. The van der Waals surface area contributed by atoms with Crippen LogP contribution in [0, 0.1) is 5.92 Å². The second kappa shape index (κ2) is 7.99. The molecule has 1 rings (SSSR count). The van der Waals surface area contributed by atoms with Gasteiger partial charge in [0, 0.05) is 25.7 Å². The lowest BCUT2D eigenvalue weighted by Crippen LogP contribution is -2.49. The van der Waals surface area contributed by atoms with Crippen molar-refractivity contribution in [3.8, 4) is 0 Å². The minimum absolute atomic E-state index is 0.0731. The van der Waals surface area contributed by atoms with E-state index in [1.807, 2.05) is 6.92 Å². The summed E-state index contributed by atoms with van der Waals surface area (Å²) in [5, 5.41) is 12.9. The van der Waals surface area contributed by atoms with Gasteiger partial charge in [0.1, 0.15) is 0 Å². The maximum Gasteiger partial charge on any atom is 0.317 e. The molecule has 2 amide bonds. The Labute approximate surface area is 129 Å². The maximum absolute atomic E-state index is 12.2. The first-order valence-corrected chi connectivity index (χ1v) is 8.22. The summed E-state index contributed by atoms with van der Waals surface area (Å²) in [6.07, 6.45) is 2.37. The Morgan fingerprint density at radius 3 is 2.67 bits per heavy atom. The molecule has 0 spiro atoms. The molecule has 0 unspecified atom stereocenters. The van der Waals surface area contributed by atoms with Crippen molar-refractivity contribution in [1.82, 2.24) is 15.1 Å². The number of urea groups is 1. The number of likely N-dealkylation sites (tertiary alicyclic amines) is 1. The predicted molar refractivity (Wildman–Crippen MR) is 86.4 cm³/mol. The second-order valence-corrected chi connectivity index (χ2v) is 7.20. The van der Waals surface area contributed by atoms with Crippen molar-refractivity contribution < 1.29 is 9.90 Å². The molecule has 5 nitrogen and oxygen atoms in total. The molecule has 1 atom stereocenters. The molecule has 1 heterocycles. The van der Waals surface area contributed by atoms with Crippen LogP contribution in [0.2, 0.25) is 0 Å². The van der Waals surface area contributed by atoms with Crippen molar-refractivity contribution in [1.29, 1.82) is 0 Å². The van der Waals surface area contributed by atoms with Gasteiger partial charge in [-0.05, 0) is 46.1 Å². The first-order valence-electron chi connectivity index (χ1n) is 8.22. The normalized spacial score (nSPS) is 20.0. The smallest absolute Gasteiger partial charge is 0.317 e.